The number of fused-ring (bicyclic) bond motifs is 1. The standard InChI is InChI=1S/C34H50N2O5/c1-24(35-33(37)34(2,3)4)20-25-8-14-31(29(21-25)27-10-12-28(39-6)13-11-27)41-23-26-9-15-32-30(22-26)36(17-19-40-32)16-7-18-38-5/h9-13,15,22,24-25,29,31H,7-8,14,16-21,23H2,1-6H3,(H,35,37)/t24-,25+,29-,31+/m1/s1. The number of nitrogens with zero attached hydrogens (tertiary/aromatic N) is 1. The van der Waals surface area contributed by atoms with Gasteiger partial charge < -0.3 is 29.2 Å². The van der Waals surface area contributed by atoms with Gasteiger partial charge in [0.15, 0.2) is 0 Å². The van der Waals surface area contributed by atoms with Gasteiger partial charge in [0.25, 0.3) is 0 Å². The third-order valence-electron chi connectivity index (χ3n) is 8.41. The van der Waals surface area contributed by atoms with Crippen molar-refractivity contribution in [2.24, 2.45) is 11.3 Å². The lowest BCUT2D eigenvalue weighted by Gasteiger charge is -2.38. The summed E-state index contributed by atoms with van der Waals surface area (Å²) in [5.41, 5.74) is 3.22. The summed E-state index contributed by atoms with van der Waals surface area (Å²) in [5.74, 6) is 2.74. The van der Waals surface area contributed by atoms with E-state index in [1.807, 2.05) is 32.9 Å². The Hall–Kier alpha value is -2.77. The van der Waals surface area contributed by atoms with Crippen LogP contribution in [0.3, 0.4) is 0 Å². The lowest BCUT2D eigenvalue weighted by molar-refractivity contribution is -0.129. The summed E-state index contributed by atoms with van der Waals surface area (Å²) >= 11 is 0. The Kier molecular flexibility index (Phi) is 11.0. The van der Waals surface area contributed by atoms with Gasteiger partial charge in [-0.2, -0.15) is 0 Å². The van der Waals surface area contributed by atoms with Crippen LogP contribution < -0.4 is 19.7 Å². The molecule has 1 amide bonds. The van der Waals surface area contributed by atoms with E-state index in [-0.39, 0.29) is 29.4 Å². The van der Waals surface area contributed by atoms with E-state index in [4.69, 9.17) is 18.9 Å². The molecule has 41 heavy (non-hydrogen) atoms. The van der Waals surface area contributed by atoms with Crippen LogP contribution in [0, 0.1) is 11.3 Å². The molecule has 226 valence electrons. The summed E-state index contributed by atoms with van der Waals surface area (Å²) in [5, 5.41) is 3.23. The molecule has 7 nitrogen and oxygen atoms in total. The van der Waals surface area contributed by atoms with Crippen molar-refractivity contribution < 1.29 is 23.7 Å². The molecule has 4 atom stereocenters. The monoisotopic (exact) mass is 566 g/mol. The van der Waals surface area contributed by atoms with Gasteiger partial charge >= 0.3 is 0 Å². The van der Waals surface area contributed by atoms with Gasteiger partial charge in [-0.05, 0) is 80.3 Å². The predicted octanol–water partition coefficient (Wildman–Crippen LogP) is 6.34. The van der Waals surface area contributed by atoms with Crippen molar-refractivity contribution in [3.63, 3.8) is 0 Å². The highest BCUT2D eigenvalue weighted by Crippen LogP contribution is 2.41. The Labute approximate surface area is 246 Å². The zero-order valence-corrected chi connectivity index (χ0v) is 25.9. The minimum atomic E-state index is -0.380. The largest absolute Gasteiger partial charge is 0.497 e. The van der Waals surface area contributed by atoms with E-state index in [1.165, 1.54) is 11.1 Å². The first-order chi connectivity index (χ1) is 19.7. The van der Waals surface area contributed by atoms with Crippen molar-refractivity contribution in [1.29, 1.82) is 0 Å². The number of methoxy groups -OCH3 is 2. The van der Waals surface area contributed by atoms with Crippen LogP contribution in [0.5, 0.6) is 11.5 Å². The number of nitrogens with one attached hydrogen (secondary N) is 1. The maximum absolute atomic E-state index is 12.6. The van der Waals surface area contributed by atoms with Crippen molar-refractivity contribution in [2.75, 3.05) is 45.4 Å². The number of amides is 1. The number of anilines is 1. The summed E-state index contributed by atoms with van der Waals surface area (Å²) in [7, 11) is 3.45. The molecular formula is C34H50N2O5. The quantitative estimate of drug-likeness (QED) is 0.303. The number of hydrogen-bond acceptors (Lipinski definition) is 6. The van der Waals surface area contributed by atoms with Gasteiger partial charge in [-0.15, -0.1) is 0 Å². The smallest absolute Gasteiger partial charge is 0.225 e. The minimum Gasteiger partial charge on any atom is -0.497 e. The van der Waals surface area contributed by atoms with Crippen LogP contribution in [0.25, 0.3) is 0 Å². The molecule has 0 saturated heterocycles. The normalized spacial score (nSPS) is 21.5. The van der Waals surface area contributed by atoms with E-state index in [0.717, 1.165) is 69.0 Å². The molecule has 0 spiro atoms. The highest BCUT2D eigenvalue weighted by molar-refractivity contribution is 5.81. The van der Waals surface area contributed by atoms with Gasteiger partial charge in [0.1, 0.15) is 18.1 Å². The van der Waals surface area contributed by atoms with E-state index < -0.39 is 0 Å². The minimum absolute atomic E-state index is 0.112. The van der Waals surface area contributed by atoms with Crippen LogP contribution in [0.2, 0.25) is 0 Å². The summed E-state index contributed by atoms with van der Waals surface area (Å²) in [6.07, 6.45) is 5.23. The SMILES string of the molecule is COCCCN1CCOc2ccc(CO[C@H]3CC[C@@H](C[C@@H](C)NC(=O)C(C)(C)C)C[C@@H]3c3ccc(OC)cc3)cc21. The molecule has 0 radical (unpaired) electrons. The van der Waals surface area contributed by atoms with Crippen LogP contribution in [0.15, 0.2) is 42.5 Å². The highest BCUT2D eigenvalue weighted by Gasteiger charge is 2.34. The first kappa shape index (κ1) is 31.2. The molecular weight excluding hydrogens is 516 g/mol. The van der Waals surface area contributed by atoms with Gasteiger partial charge in [0, 0.05) is 37.6 Å². The zero-order chi connectivity index (χ0) is 29.4. The van der Waals surface area contributed by atoms with Crippen molar-refractivity contribution in [1.82, 2.24) is 5.32 Å². The topological polar surface area (TPSA) is 69.3 Å². The molecule has 0 unspecified atom stereocenters. The third-order valence-corrected chi connectivity index (χ3v) is 8.41. The van der Waals surface area contributed by atoms with E-state index >= 15 is 0 Å². The fourth-order valence-corrected chi connectivity index (χ4v) is 6.09. The molecule has 0 bridgehead atoms. The number of benzene rings is 2. The molecule has 2 aromatic carbocycles. The van der Waals surface area contributed by atoms with Crippen LogP contribution in [0.1, 0.15) is 76.8 Å². The second-order valence-corrected chi connectivity index (χ2v) is 12.8. The summed E-state index contributed by atoms with van der Waals surface area (Å²) in [6.45, 7) is 11.9. The van der Waals surface area contributed by atoms with E-state index in [2.05, 4.69) is 47.5 Å². The Bertz CT molecular complexity index is 1110. The van der Waals surface area contributed by atoms with Crippen LogP contribution in [-0.2, 0) is 20.9 Å². The second-order valence-electron chi connectivity index (χ2n) is 12.8. The summed E-state index contributed by atoms with van der Waals surface area (Å²) < 4.78 is 23.3. The number of ether oxygens (including phenoxy) is 4. The van der Waals surface area contributed by atoms with Gasteiger partial charge in [-0.1, -0.05) is 39.0 Å². The molecule has 7 heteroatoms. The van der Waals surface area contributed by atoms with Gasteiger partial charge in [0.2, 0.25) is 5.91 Å². The Morgan fingerprint density at radius 1 is 1.12 bits per heavy atom. The first-order valence-electron chi connectivity index (χ1n) is 15.2. The summed E-state index contributed by atoms with van der Waals surface area (Å²) in [6, 6.07) is 15.0. The molecule has 1 fully saturated rings. The molecule has 1 heterocycles. The molecule has 2 aliphatic rings. The molecule has 0 aromatic heterocycles. The lowest BCUT2D eigenvalue weighted by atomic mass is 9.74. The van der Waals surface area contributed by atoms with Gasteiger partial charge in [0.05, 0.1) is 32.1 Å². The second kappa shape index (κ2) is 14.4. The van der Waals surface area contributed by atoms with Crippen molar-refractivity contribution >= 4 is 11.6 Å². The highest BCUT2D eigenvalue weighted by atomic mass is 16.5. The number of carbonyl (C=O) groups is 1. The van der Waals surface area contributed by atoms with Gasteiger partial charge in [-0.3, -0.25) is 4.79 Å². The Balaban J connectivity index is 1.43. The van der Waals surface area contributed by atoms with E-state index in [0.29, 0.717) is 19.1 Å². The predicted molar refractivity (Wildman–Crippen MR) is 164 cm³/mol. The van der Waals surface area contributed by atoms with Crippen LogP contribution >= 0.6 is 0 Å². The summed E-state index contributed by atoms with van der Waals surface area (Å²) in [4.78, 5) is 14.9. The zero-order valence-electron chi connectivity index (χ0n) is 25.9. The Morgan fingerprint density at radius 3 is 2.61 bits per heavy atom. The number of carbonyl (C=O) groups excluding carboxylic acids is 1. The molecule has 2 aromatic rings. The maximum atomic E-state index is 12.6. The molecule has 4 rings (SSSR count). The molecule has 1 aliphatic heterocycles. The first-order valence-corrected chi connectivity index (χ1v) is 15.2. The third kappa shape index (κ3) is 8.62. The fraction of sp³-hybridized carbons (Fsp3) is 0.618. The van der Waals surface area contributed by atoms with Crippen molar-refractivity contribution in [2.45, 2.75) is 84.5 Å². The average molecular weight is 567 g/mol. The average Bonchev–Trinajstić information content (AvgIpc) is 2.96. The van der Waals surface area contributed by atoms with E-state index in [1.54, 1.807) is 14.2 Å². The van der Waals surface area contributed by atoms with E-state index in [9.17, 15) is 4.79 Å². The maximum Gasteiger partial charge on any atom is 0.225 e. The Morgan fingerprint density at radius 2 is 1.90 bits per heavy atom. The van der Waals surface area contributed by atoms with Crippen molar-refractivity contribution in [3.8, 4) is 11.5 Å². The molecule has 1 N–H and O–H groups in total. The number of rotatable bonds is 12. The number of hydrogen-bond donors (Lipinski definition) is 1. The van der Waals surface area contributed by atoms with Crippen molar-refractivity contribution in [3.05, 3.63) is 53.6 Å². The molecule has 1 aliphatic carbocycles. The van der Waals surface area contributed by atoms with Crippen LogP contribution in [-0.4, -0.2) is 58.6 Å². The lowest BCUT2D eigenvalue weighted by Crippen LogP contribution is -2.42. The van der Waals surface area contributed by atoms with Crippen LogP contribution in [0.4, 0.5) is 5.69 Å². The van der Waals surface area contributed by atoms with Gasteiger partial charge in [-0.25, -0.2) is 0 Å². The molecule has 1 saturated carbocycles. The fourth-order valence-electron chi connectivity index (χ4n) is 6.09.